The van der Waals surface area contributed by atoms with Gasteiger partial charge in [0.05, 0.1) is 5.75 Å². The fourth-order valence-electron chi connectivity index (χ4n) is 0.480. The second-order valence-electron chi connectivity index (χ2n) is 1.98. The van der Waals surface area contributed by atoms with Crippen molar-refractivity contribution in [1.29, 1.82) is 0 Å². The van der Waals surface area contributed by atoms with Gasteiger partial charge in [-0.25, -0.2) is 13.1 Å². The number of sulfonamides is 1. The fourth-order valence-corrected chi connectivity index (χ4v) is 1.89. The molecule has 4 nitrogen and oxygen atoms in total. The Morgan fingerprint density at radius 1 is 1.45 bits per heavy atom. The summed E-state index contributed by atoms with van der Waals surface area (Å²) in [7, 11) is -3.20. The lowest BCUT2D eigenvalue weighted by Gasteiger charge is -2.02. The first-order valence-corrected chi connectivity index (χ1v) is 5.45. The number of halogens is 1. The van der Waals surface area contributed by atoms with E-state index in [2.05, 4.69) is 4.72 Å². The molecule has 0 bridgehead atoms. The smallest absolute Gasteiger partial charge is 0.212 e. The minimum Gasteiger partial charge on any atom is -0.396 e. The first-order valence-electron chi connectivity index (χ1n) is 3.26. The van der Waals surface area contributed by atoms with Crippen LogP contribution in [0.3, 0.4) is 0 Å². The minimum atomic E-state index is -3.20. The van der Waals surface area contributed by atoms with E-state index in [9.17, 15) is 8.42 Å². The summed E-state index contributed by atoms with van der Waals surface area (Å²) in [4.78, 5) is 0. The van der Waals surface area contributed by atoms with Crippen LogP contribution in [0, 0.1) is 0 Å². The SMILES string of the molecule is O=S(=O)(CCCl)NCCCO. The quantitative estimate of drug-likeness (QED) is 0.451. The highest BCUT2D eigenvalue weighted by Crippen LogP contribution is 1.86. The van der Waals surface area contributed by atoms with Gasteiger partial charge in [-0.15, -0.1) is 11.6 Å². The molecule has 0 aromatic carbocycles. The molecule has 0 fully saturated rings. The second kappa shape index (κ2) is 5.77. The molecule has 0 saturated carbocycles. The number of aliphatic hydroxyl groups excluding tert-OH is 1. The highest BCUT2D eigenvalue weighted by molar-refractivity contribution is 7.89. The molecule has 0 aromatic rings. The molecular weight excluding hydrogens is 190 g/mol. The number of alkyl halides is 1. The molecular formula is C5H12ClNO3S. The van der Waals surface area contributed by atoms with Crippen LogP contribution in [-0.4, -0.2) is 38.3 Å². The van der Waals surface area contributed by atoms with Crippen molar-refractivity contribution in [2.75, 3.05) is 24.8 Å². The largest absolute Gasteiger partial charge is 0.396 e. The molecule has 0 amide bonds. The summed E-state index contributed by atoms with van der Waals surface area (Å²) in [5.74, 6) is 0.0223. The maximum atomic E-state index is 10.8. The Balaban J connectivity index is 3.56. The van der Waals surface area contributed by atoms with Crippen molar-refractivity contribution in [2.24, 2.45) is 0 Å². The van der Waals surface area contributed by atoms with E-state index < -0.39 is 10.0 Å². The van der Waals surface area contributed by atoms with E-state index in [0.29, 0.717) is 6.42 Å². The Morgan fingerprint density at radius 2 is 2.09 bits per heavy atom. The van der Waals surface area contributed by atoms with E-state index in [0.717, 1.165) is 0 Å². The molecule has 0 spiro atoms. The zero-order valence-corrected chi connectivity index (χ0v) is 7.66. The lowest BCUT2D eigenvalue weighted by Crippen LogP contribution is -2.28. The van der Waals surface area contributed by atoms with Crippen LogP contribution in [0.15, 0.2) is 0 Å². The Labute approximate surface area is 71.6 Å². The molecule has 0 aliphatic heterocycles. The van der Waals surface area contributed by atoms with E-state index >= 15 is 0 Å². The molecule has 68 valence electrons. The van der Waals surface area contributed by atoms with Crippen molar-refractivity contribution in [2.45, 2.75) is 6.42 Å². The molecule has 0 aliphatic rings. The number of hydrogen-bond donors (Lipinski definition) is 2. The molecule has 11 heavy (non-hydrogen) atoms. The molecule has 0 atom stereocenters. The first kappa shape index (κ1) is 11.2. The number of aliphatic hydroxyl groups is 1. The Bertz CT molecular complexity index is 180. The summed E-state index contributed by atoms with van der Waals surface area (Å²) in [6, 6.07) is 0. The summed E-state index contributed by atoms with van der Waals surface area (Å²) in [5, 5.41) is 8.33. The van der Waals surface area contributed by atoms with Crippen LogP contribution >= 0.6 is 11.6 Å². The van der Waals surface area contributed by atoms with Gasteiger partial charge in [0.15, 0.2) is 0 Å². The van der Waals surface area contributed by atoms with Gasteiger partial charge in [0, 0.05) is 19.0 Å². The zero-order valence-electron chi connectivity index (χ0n) is 6.09. The molecule has 0 saturated heterocycles. The van der Waals surface area contributed by atoms with Crippen LogP contribution in [0.25, 0.3) is 0 Å². The van der Waals surface area contributed by atoms with Gasteiger partial charge in [0.2, 0.25) is 10.0 Å². The third-order valence-electron chi connectivity index (χ3n) is 1.00. The number of rotatable bonds is 6. The summed E-state index contributed by atoms with van der Waals surface area (Å²) in [6.45, 7) is 0.263. The van der Waals surface area contributed by atoms with E-state index in [1.807, 2.05) is 0 Å². The standard InChI is InChI=1S/C5H12ClNO3S/c6-2-5-11(9,10)7-3-1-4-8/h7-8H,1-5H2. The molecule has 0 unspecified atom stereocenters. The average molecular weight is 202 g/mol. The van der Waals surface area contributed by atoms with Crippen molar-refractivity contribution in [3.05, 3.63) is 0 Å². The topological polar surface area (TPSA) is 66.4 Å². The molecule has 0 aromatic heterocycles. The van der Waals surface area contributed by atoms with Crippen molar-refractivity contribution in [3.8, 4) is 0 Å². The number of hydrogen-bond acceptors (Lipinski definition) is 3. The van der Waals surface area contributed by atoms with E-state index in [-0.39, 0.29) is 24.8 Å². The van der Waals surface area contributed by atoms with Crippen LogP contribution in [0.1, 0.15) is 6.42 Å². The maximum Gasteiger partial charge on any atom is 0.212 e. The molecule has 0 rings (SSSR count). The van der Waals surface area contributed by atoms with Gasteiger partial charge >= 0.3 is 0 Å². The van der Waals surface area contributed by atoms with Crippen molar-refractivity contribution in [3.63, 3.8) is 0 Å². The highest BCUT2D eigenvalue weighted by Gasteiger charge is 2.06. The van der Waals surface area contributed by atoms with Gasteiger partial charge in [0.1, 0.15) is 0 Å². The van der Waals surface area contributed by atoms with Gasteiger partial charge in [-0.2, -0.15) is 0 Å². The zero-order chi connectivity index (χ0) is 8.74. The first-order chi connectivity index (χ1) is 5.12. The van der Waals surface area contributed by atoms with Crippen molar-refractivity contribution in [1.82, 2.24) is 4.72 Å². The van der Waals surface area contributed by atoms with E-state index in [1.54, 1.807) is 0 Å². The predicted octanol–water partition coefficient (Wildman–Crippen LogP) is -0.473. The Hall–Kier alpha value is 0.160. The van der Waals surface area contributed by atoms with Gasteiger partial charge in [-0.1, -0.05) is 0 Å². The normalized spacial score (nSPS) is 11.8. The number of nitrogens with one attached hydrogen (secondary N) is 1. The summed E-state index contributed by atoms with van der Waals surface area (Å²) >= 11 is 5.23. The molecule has 2 N–H and O–H groups in total. The van der Waals surface area contributed by atoms with Gasteiger partial charge in [0.25, 0.3) is 0 Å². The molecule has 0 aliphatic carbocycles. The van der Waals surface area contributed by atoms with Crippen LogP contribution in [0.2, 0.25) is 0 Å². The summed E-state index contributed by atoms with van der Waals surface area (Å²) in [5.41, 5.74) is 0. The molecule has 0 heterocycles. The monoisotopic (exact) mass is 201 g/mol. The van der Waals surface area contributed by atoms with Crippen LogP contribution in [-0.2, 0) is 10.0 Å². The van der Waals surface area contributed by atoms with Crippen LogP contribution in [0.5, 0.6) is 0 Å². The van der Waals surface area contributed by atoms with Gasteiger partial charge in [-0.3, -0.25) is 0 Å². The Kier molecular flexibility index (Phi) is 5.85. The minimum absolute atomic E-state index is 0.0105. The molecule has 6 heteroatoms. The van der Waals surface area contributed by atoms with Crippen LogP contribution in [0.4, 0.5) is 0 Å². The summed E-state index contributed by atoms with van der Waals surface area (Å²) < 4.78 is 23.9. The van der Waals surface area contributed by atoms with Crippen molar-refractivity contribution >= 4 is 21.6 Å². The fraction of sp³-hybridized carbons (Fsp3) is 1.00. The lowest BCUT2D eigenvalue weighted by atomic mass is 10.5. The van der Waals surface area contributed by atoms with Crippen LogP contribution < -0.4 is 4.72 Å². The third kappa shape index (κ3) is 6.55. The highest BCUT2D eigenvalue weighted by atomic mass is 35.5. The van der Waals surface area contributed by atoms with Gasteiger partial charge in [-0.05, 0) is 6.42 Å². The maximum absolute atomic E-state index is 10.8. The molecule has 0 radical (unpaired) electrons. The Morgan fingerprint density at radius 3 is 2.55 bits per heavy atom. The lowest BCUT2D eigenvalue weighted by molar-refractivity contribution is 0.289. The average Bonchev–Trinajstić information content (AvgIpc) is 1.87. The second-order valence-corrected chi connectivity index (χ2v) is 4.28. The van der Waals surface area contributed by atoms with Crippen molar-refractivity contribution < 1.29 is 13.5 Å². The van der Waals surface area contributed by atoms with Gasteiger partial charge < -0.3 is 5.11 Å². The van der Waals surface area contributed by atoms with E-state index in [1.165, 1.54) is 0 Å². The summed E-state index contributed by atoms with van der Waals surface area (Å²) in [6.07, 6.45) is 0.432. The third-order valence-corrected chi connectivity index (χ3v) is 2.80. The van der Waals surface area contributed by atoms with E-state index in [4.69, 9.17) is 16.7 Å². The predicted molar refractivity (Wildman–Crippen MR) is 44.2 cm³/mol.